The van der Waals surface area contributed by atoms with Crippen LogP contribution in [-0.4, -0.2) is 18.5 Å². The van der Waals surface area contributed by atoms with Crippen molar-refractivity contribution in [1.29, 1.82) is 0 Å². The monoisotopic (exact) mass is 226 g/mol. The minimum Gasteiger partial charge on any atom is -0.378 e. The van der Waals surface area contributed by atoms with Crippen molar-refractivity contribution in [3.8, 4) is 0 Å². The maximum Gasteiger partial charge on any atom is 0.133 e. The second-order valence-electron chi connectivity index (χ2n) is 5.44. The first-order valence-corrected chi connectivity index (χ1v) is 6.75. The van der Waals surface area contributed by atoms with Crippen LogP contribution in [0.1, 0.15) is 59.3 Å². The summed E-state index contributed by atoms with van der Waals surface area (Å²) in [6.07, 6.45) is 6.47. The van der Waals surface area contributed by atoms with Gasteiger partial charge in [-0.1, -0.05) is 20.3 Å². The van der Waals surface area contributed by atoms with Gasteiger partial charge in [-0.2, -0.15) is 0 Å². The average molecular weight is 226 g/mol. The van der Waals surface area contributed by atoms with Crippen LogP contribution in [0.3, 0.4) is 0 Å². The lowest BCUT2D eigenvalue weighted by Crippen LogP contribution is -2.32. The summed E-state index contributed by atoms with van der Waals surface area (Å²) >= 11 is 0. The molecule has 0 aromatic rings. The Morgan fingerprint density at radius 2 is 2.06 bits per heavy atom. The van der Waals surface area contributed by atoms with E-state index in [1.807, 2.05) is 6.92 Å². The van der Waals surface area contributed by atoms with Gasteiger partial charge < -0.3 is 4.74 Å². The van der Waals surface area contributed by atoms with Gasteiger partial charge in [-0.25, -0.2) is 0 Å². The van der Waals surface area contributed by atoms with Gasteiger partial charge in [0, 0.05) is 19.4 Å². The summed E-state index contributed by atoms with van der Waals surface area (Å²) in [7, 11) is 0. The molecule has 0 aromatic heterocycles. The zero-order valence-electron chi connectivity index (χ0n) is 11.0. The summed E-state index contributed by atoms with van der Waals surface area (Å²) in [6.45, 7) is 7.26. The zero-order valence-corrected chi connectivity index (χ0v) is 11.0. The molecular weight excluding hydrogens is 200 g/mol. The number of carbonyl (C=O) groups is 1. The number of ketones is 1. The van der Waals surface area contributed by atoms with Gasteiger partial charge in [-0.15, -0.1) is 0 Å². The third kappa shape index (κ3) is 5.11. The maximum atomic E-state index is 11.7. The largest absolute Gasteiger partial charge is 0.378 e. The van der Waals surface area contributed by atoms with E-state index in [2.05, 4.69) is 13.8 Å². The molecule has 0 N–H and O–H groups in total. The molecule has 0 unspecified atom stereocenters. The van der Waals surface area contributed by atoms with Crippen molar-refractivity contribution in [2.45, 2.75) is 65.4 Å². The number of ether oxygens (including phenoxy) is 1. The number of hydrogen-bond acceptors (Lipinski definition) is 2. The minimum atomic E-state index is 0.443. The second-order valence-corrected chi connectivity index (χ2v) is 5.44. The fourth-order valence-electron chi connectivity index (χ4n) is 2.34. The molecule has 0 radical (unpaired) electrons. The van der Waals surface area contributed by atoms with E-state index < -0.39 is 0 Å². The van der Waals surface area contributed by atoms with Crippen molar-refractivity contribution < 1.29 is 9.53 Å². The molecule has 0 saturated heterocycles. The standard InChI is InChI=1S/C14H26O2/c1-4-16-14-9-12(10-14)8-13(15)7-5-6-11(2)3/h11-12,14H,4-10H2,1-3H3. The lowest BCUT2D eigenvalue weighted by Gasteiger charge is -2.34. The molecule has 0 spiro atoms. The summed E-state index contributed by atoms with van der Waals surface area (Å²) in [5, 5.41) is 0. The van der Waals surface area contributed by atoms with E-state index in [-0.39, 0.29) is 0 Å². The first-order chi connectivity index (χ1) is 7.61. The normalized spacial score (nSPS) is 24.5. The molecule has 1 fully saturated rings. The third-order valence-corrected chi connectivity index (χ3v) is 3.35. The molecule has 0 aromatic carbocycles. The van der Waals surface area contributed by atoms with Gasteiger partial charge in [-0.3, -0.25) is 4.79 Å². The molecule has 0 bridgehead atoms. The fraction of sp³-hybridized carbons (Fsp3) is 0.929. The van der Waals surface area contributed by atoms with Crippen LogP contribution in [0.2, 0.25) is 0 Å². The van der Waals surface area contributed by atoms with Crippen molar-refractivity contribution in [2.24, 2.45) is 11.8 Å². The molecule has 2 nitrogen and oxygen atoms in total. The van der Waals surface area contributed by atoms with E-state index in [9.17, 15) is 4.79 Å². The van der Waals surface area contributed by atoms with Crippen LogP contribution in [0, 0.1) is 11.8 Å². The van der Waals surface area contributed by atoms with E-state index in [1.165, 1.54) is 6.42 Å². The van der Waals surface area contributed by atoms with Gasteiger partial charge in [0.2, 0.25) is 0 Å². The van der Waals surface area contributed by atoms with E-state index in [1.54, 1.807) is 0 Å². The minimum absolute atomic E-state index is 0.443. The fourth-order valence-corrected chi connectivity index (χ4v) is 2.34. The van der Waals surface area contributed by atoms with Crippen LogP contribution < -0.4 is 0 Å². The van der Waals surface area contributed by atoms with Gasteiger partial charge in [-0.05, 0) is 38.0 Å². The Morgan fingerprint density at radius 1 is 1.38 bits per heavy atom. The second kappa shape index (κ2) is 7.05. The van der Waals surface area contributed by atoms with Crippen LogP contribution in [0.15, 0.2) is 0 Å². The molecule has 16 heavy (non-hydrogen) atoms. The highest BCUT2D eigenvalue weighted by Crippen LogP contribution is 2.33. The van der Waals surface area contributed by atoms with Crippen LogP contribution >= 0.6 is 0 Å². The lowest BCUT2D eigenvalue weighted by molar-refractivity contribution is -0.122. The highest BCUT2D eigenvalue weighted by molar-refractivity contribution is 5.78. The molecule has 0 atom stereocenters. The number of rotatable bonds is 8. The molecule has 1 saturated carbocycles. The molecule has 94 valence electrons. The quantitative estimate of drug-likeness (QED) is 0.632. The highest BCUT2D eigenvalue weighted by atomic mass is 16.5. The predicted octanol–water partition coefficient (Wildman–Crippen LogP) is 3.59. The van der Waals surface area contributed by atoms with Crippen molar-refractivity contribution in [3.05, 3.63) is 0 Å². The summed E-state index contributed by atoms with van der Waals surface area (Å²) in [5.74, 6) is 1.79. The number of carbonyl (C=O) groups excluding carboxylic acids is 1. The lowest BCUT2D eigenvalue weighted by atomic mass is 9.78. The zero-order chi connectivity index (χ0) is 12.0. The van der Waals surface area contributed by atoms with Crippen molar-refractivity contribution in [1.82, 2.24) is 0 Å². The summed E-state index contributed by atoms with van der Waals surface area (Å²) < 4.78 is 5.49. The molecule has 0 amide bonds. The average Bonchev–Trinajstić information content (AvgIpc) is 2.14. The van der Waals surface area contributed by atoms with E-state index in [4.69, 9.17) is 4.74 Å². The number of Topliss-reactive ketones (excluding diaryl/α,β-unsaturated/α-hetero) is 1. The molecule has 2 heteroatoms. The Labute approximate surface area is 99.8 Å². The summed E-state index contributed by atoms with van der Waals surface area (Å²) in [4.78, 5) is 11.7. The van der Waals surface area contributed by atoms with Crippen molar-refractivity contribution in [2.75, 3.05) is 6.61 Å². The van der Waals surface area contributed by atoms with Gasteiger partial charge in [0.25, 0.3) is 0 Å². The Kier molecular flexibility index (Phi) is 6.04. The van der Waals surface area contributed by atoms with Crippen molar-refractivity contribution >= 4 is 5.78 Å². The Bertz CT molecular complexity index is 205. The smallest absolute Gasteiger partial charge is 0.133 e. The van der Waals surface area contributed by atoms with Crippen LogP contribution in [0.4, 0.5) is 0 Å². The Balaban J connectivity index is 1.99. The van der Waals surface area contributed by atoms with E-state index >= 15 is 0 Å². The highest BCUT2D eigenvalue weighted by Gasteiger charge is 2.30. The Hall–Kier alpha value is -0.370. The molecule has 1 rings (SSSR count). The molecule has 0 aliphatic heterocycles. The van der Waals surface area contributed by atoms with Crippen molar-refractivity contribution in [3.63, 3.8) is 0 Å². The summed E-state index contributed by atoms with van der Waals surface area (Å²) in [5.41, 5.74) is 0. The SMILES string of the molecule is CCOC1CC(CC(=O)CCCC(C)C)C1. The third-order valence-electron chi connectivity index (χ3n) is 3.35. The van der Waals surface area contributed by atoms with Gasteiger partial charge >= 0.3 is 0 Å². The van der Waals surface area contributed by atoms with Crippen LogP contribution in [-0.2, 0) is 9.53 Å². The van der Waals surface area contributed by atoms with Gasteiger partial charge in [0.15, 0.2) is 0 Å². The van der Waals surface area contributed by atoms with Gasteiger partial charge in [0.1, 0.15) is 5.78 Å². The Morgan fingerprint density at radius 3 is 2.62 bits per heavy atom. The van der Waals surface area contributed by atoms with E-state index in [0.717, 1.165) is 44.6 Å². The molecule has 0 heterocycles. The van der Waals surface area contributed by atoms with Gasteiger partial charge in [0.05, 0.1) is 6.10 Å². The summed E-state index contributed by atoms with van der Waals surface area (Å²) in [6, 6.07) is 0. The maximum absolute atomic E-state index is 11.7. The molecule has 1 aliphatic rings. The number of hydrogen-bond donors (Lipinski definition) is 0. The van der Waals surface area contributed by atoms with Crippen LogP contribution in [0.25, 0.3) is 0 Å². The van der Waals surface area contributed by atoms with E-state index in [0.29, 0.717) is 17.8 Å². The molecular formula is C14H26O2. The predicted molar refractivity (Wildman–Crippen MR) is 66.5 cm³/mol. The molecule has 1 aliphatic carbocycles. The first kappa shape index (κ1) is 13.7. The first-order valence-electron chi connectivity index (χ1n) is 6.75. The van der Waals surface area contributed by atoms with Crippen LogP contribution in [0.5, 0.6) is 0 Å². The topological polar surface area (TPSA) is 26.3 Å².